The summed E-state index contributed by atoms with van der Waals surface area (Å²) in [6, 6.07) is 11.7. The SMILES string of the molecule is CCCN1C(=O)[C@@H](CC(=O)Nc2cc(C)ccc2C)SC1=Nc1ccc(F)cc1. The summed E-state index contributed by atoms with van der Waals surface area (Å²) in [5, 5.41) is 2.94. The van der Waals surface area contributed by atoms with E-state index in [1.165, 1.54) is 23.9 Å². The summed E-state index contributed by atoms with van der Waals surface area (Å²) in [4.78, 5) is 31.5. The third-order valence-corrected chi connectivity index (χ3v) is 5.73. The van der Waals surface area contributed by atoms with Gasteiger partial charge in [0.05, 0.1) is 5.69 Å². The van der Waals surface area contributed by atoms with Gasteiger partial charge in [-0.25, -0.2) is 9.38 Å². The number of aryl methyl sites for hydroxylation is 2. The molecule has 0 bridgehead atoms. The maximum Gasteiger partial charge on any atom is 0.242 e. The Labute approximate surface area is 174 Å². The van der Waals surface area contributed by atoms with E-state index in [0.29, 0.717) is 17.4 Å². The number of hydrogen-bond acceptors (Lipinski definition) is 4. The minimum atomic E-state index is -0.522. The molecule has 0 radical (unpaired) electrons. The number of rotatable bonds is 6. The highest BCUT2D eigenvalue weighted by Gasteiger charge is 2.38. The number of thioether (sulfide) groups is 1. The van der Waals surface area contributed by atoms with Gasteiger partial charge in [-0.05, 0) is 61.7 Å². The number of hydrogen-bond donors (Lipinski definition) is 1. The lowest BCUT2D eigenvalue weighted by Crippen LogP contribution is -2.34. The van der Waals surface area contributed by atoms with Crippen molar-refractivity contribution in [3.8, 4) is 0 Å². The predicted molar refractivity (Wildman–Crippen MR) is 116 cm³/mol. The molecule has 0 spiro atoms. The molecule has 0 aliphatic carbocycles. The molecular formula is C22H24FN3O2S. The Kier molecular flexibility index (Phi) is 6.69. The molecule has 1 fully saturated rings. The van der Waals surface area contributed by atoms with Crippen LogP contribution in [0.4, 0.5) is 15.8 Å². The summed E-state index contributed by atoms with van der Waals surface area (Å²) >= 11 is 1.28. The second-order valence-electron chi connectivity index (χ2n) is 7.04. The number of halogens is 1. The summed E-state index contributed by atoms with van der Waals surface area (Å²) < 4.78 is 13.1. The number of carbonyl (C=O) groups is 2. The lowest BCUT2D eigenvalue weighted by Gasteiger charge is -2.15. The summed E-state index contributed by atoms with van der Waals surface area (Å²) in [5.41, 5.74) is 3.36. The largest absolute Gasteiger partial charge is 0.326 e. The van der Waals surface area contributed by atoms with Crippen LogP contribution in [0, 0.1) is 19.7 Å². The number of aliphatic imine (C=N–C) groups is 1. The monoisotopic (exact) mass is 413 g/mol. The van der Waals surface area contributed by atoms with Gasteiger partial charge in [-0.1, -0.05) is 30.8 Å². The first-order chi connectivity index (χ1) is 13.9. The van der Waals surface area contributed by atoms with Gasteiger partial charge in [0.25, 0.3) is 0 Å². The topological polar surface area (TPSA) is 61.8 Å². The highest BCUT2D eigenvalue weighted by atomic mass is 32.2. The zero-order valence-electron chi connectivity index (χ0n) is 16.7. The van der Waals surface area contributed by atoms with Crippen molar-refractivity contribution in [1.82, 2.24) is 4.90 Å². The molecule has 1 N–H and O–H groups in total. The van der Waals surface area contributed by atoms with Crippen LogP contribution in [-0.4, -0.2) is 33.7 Å². The van der Waals surface area contributed by atoms with Crippen LogP contribution < -0.4 is 5.32 Å². The predicted octanol–water partition coefficient (Wildman–Crippen LogP) is 4.81. The number of nitrogens with zero attached hydrogens (tertiary/aromatic N) is 2. The zero-order valence-corrected chi connectivity index (χ0v) is 17.6. The van der Waals surface area contributed by atoms with E-state index in [1.807, 2.05) is 39.0 Å². The lowest BCUT2D eigenvalue weighted by molar-refractivity contribution is -0.128. The normalized spacial score (nSPS) is 17.8. The molecule has 0 saturated carbocycles. The fourth-order valence-corrected chi connectivity index (χ4v) is 4.20. The van der Waals surface area contributed by atoms with Crippen LogP contribution >= 0.6 is 11.8 Å². The first kappa shape index (κ1) is 21.0. The van der Waals surface area contributed by atoms with E-state index in [1.54, 1.807) is 17.0 Å². The highest BCUT2D eigenvalue weighted by Crippen LogP contribution is 2.32. The second-order valence-corrected chi connectivity index (χ2v) is 8.21. The number of amides is 2. The Balaban J connectivity index is 1.74. The maximum absolute atomic E-state index is 13.1. The first-order valence-corrected chi connectivity index (χ1v) is 10.4. The Bertz CT molecular complexity index is 944. The van der Waals surface area contributed by atoms with Crippen molar-refractivity contribution >= 4 is 40.1 Å². The molecule has 5 nitrogen and oxygen atoms in total. The summed E-state index contributed by atoms with van der Waals surface area (Å²) in [5.74, 6) is -0.659. The molecule has 1 heterocycles. The minimum Gasteiger partial charge on any atom is -0.326 e. The fraction of sp³-hybridized carbons (Fsp3) is 0.318. The minimum absolute atomic E-state index is 0.0690. The van der Waals surface area contributed by atoms with E-state index < -0.39 is 5.25 Å². The van der Waals surface area contributed by atoms with Gasteiger partial charge in [-0.2, -0.15) is 0 Å². The number of anilines is 1. The van der Waals surface area contributed by atoms with Crippen LogP contribution in [0.5, 0.6) is 0 Å². The van der Waals surface area contributed by atoms with Crippen molar-refractivity contribution in [1.29, 1.82) is 0 Å². The summed E-state index contributed by atoms with van der Waals surface area (Å²) in [6.07, 6.45) is 0.843. The van der Waals surface area contributed by atoms with E-state index in [9.17, 15) is 14.0 Å². The van der Waals surface area contributed by atoms with Crippen molar-refractivity contribution in [2.75, 3.05) is 11.9 Å². The molecule has 7 heteroatoms. The Morgan fingerprint density at radius 3 is 2.62 bits per heavy atom. The smallest absolute Gasteiger partial charge is 0.242 e. The van der Waals surface area contributed by atoms with Crippen LogP contribution in [0.3, 0.4) is 0 Å². The van der Waals surface area contributed by atoms with Crippen LogP contribution in [0.1, 0.15) is 30.9 Å². The number of amidine groups is 1. The lowest BCUT2D eigenvalue weighted by atomic mass is 10.1. The van der Waals surface area contributed by atoms with Gasteiger partial charge in [0.15, 0.2) is 5.17 Å². The molecule has 1 aliphatic heterocycles. The molecule has 1 aliphatic rings. The molecule has 3 rings (SSSR count). The third kappa shape index (κ3) is 5.23. The van der Waals surface area contributed by atoms with E-state index >= 15 is 0 Å². The number of nitrogens with one attached hydrogen (secondary N) is 1. The van der Waals surface area contributed by atoms with Crippen molar-refractivity contribution < 1.29 is 14.0 Å². The molecule has 1 saturated heterocycles. The molecule has 29 heavy (non-hydrogen) atoms. The van der Waals surface area contributed by atoms with Gasteiger partial charge in [0.1, 0.15) is 11.1 Å². The van der Waals surface area contributed by atoms with Gasteiger partial charge in [-0.3, -0.25) is 14.5 Å². The van der Waals surface area contributed by atoms with Crippen molar-refractivity contribution in [2.45, 2.75) is 38.9 Å². The van der Waals surface area contributed by atoms with Gasteiger partial charge in [-0.15, -0.1) is 0 Å². The molecule has 0 unspecified atom stereocenters. The van der Waals surface area contributed by atoms with Crippen LogP contribution in [-0.2, 0) is 9.59 Å². The first-order valence-electron chi connectivity index (χ1n) is 9.56. The number of carbonyl (C=O) groups excluding carboxylic acids is 2. The highest BCUT2D eigenvalue weighted by molar-refractivity contribution is 8.15. The van der Waals surface area contributed by atoms with Crippen molar-refractivity contribution in [3.05, 3.63) is 59.4 Å². The zero-order chi connectivity index (χ0) is 21.0. The van der Waals surface area contributed by atoms with Crippen LogP contribution in [0.25, 0.3) is 0 Å². The molecule has 0 aromatic heterocycles. The van der Waals surface area contributed by atoms with E-state index in [4.69, 9.17) is 0 Å². The molecule has 2 aromatic rings. The molecule has 2 amide bonds. The second kappa shape index (κ2) is 9.22. The van der Waals surface area contributed by atoms with Gasteiger partial charge < -0.3 is 5.32 Å². The fourth-order valence-electron chi connectivity index (χ4n) is 3.02. The summed E-state index contributed by atoms with van der Waals surface area (Å²) in [7, 11) is 0. The Morgan fingerprint density at radius 2 is 1.93 bits per heavy atom. The Morgan fingerprint density at radius 1 is 1.21 bits per heavy atom. The quantitative estimate of drug-likeness (QED) is 0.739. The van der Waals surface area contributed by atoms with Gasteiger partial charge >= 0.3 is 0 Å². The van der Waals surface area contributed by atoms with E-state index in [0.717, 1.165) is 23.2 Å². The summed E-state index contributed by atoms with van der Waals surface area (Å²) in [6.45, 7) is 6.40. The van der Waals surface area contributed by atoms with Crippen LogP contribution in [0.15, 0.2) is 47.5 Å². The van der Waals surface area contributed by atoms with Crippen LogP contribution in [0.2, 0.25) is 0 Å². The van der Waals surface area contributed by atoms with Gasteiger partial charge in [0, 0.05) is 18.7 Å². The standard InChI is InChI=1S/C22H24FN3O2S/c1-4-11-26-21(28)19(29-22(26)24-17-9-7-16(23)8-10-17)13-20(27)25-18-12-14(2)5-6-15(18)3/h5-10,12,19H,4,11,13H2,1-3H3,(H,25,27)/t19-/m1/s1. The molecule has 1 atom stereocenters. The maximum atomic E-state index is 13.1. The van der Waals surface area contributed by atoms with E-state index in [-0.39, 0.29) is 24.1 Å². The molecule has 152 valence electrons. The average Bonchev–Trinajstić information content (AvgIpc) is 2.95. The average molecular weight is 414 g/mol. The number of benzene rings is 2. The third-order valence-electron chi connectivity index (χ3n) is 4.56. The molecular weight excluding hydrogens is 389 g/mol. The molecule has 2 aromatic carbocycles. The Hall–Kier alpha value is -2.67. The van der Waals surface area contributed by atoms with Crippen molar-refractivity contribution in [3.63, 3.8) is 0 Å². The van der Waals surface area contributed by atoms with E-state index in [2.05, 4.69) is 10.3 Å². The van der Waals surface area contributed by atoms with Gasteiger partial charge in [0.2, 0.25) is 11.8 Å². The van der Waals surface area contributed by atoms with Crippen molar-refractivity contribution in [2.24, 2.45) is 4.99 Å².